The Kier molecular flexibility index (Phi) is 6.58. The molecule has 0 spiro atoms. The molecule has 1 unspecified atom stereocenters. The fraction of sp³-hybridized carbons (Fsp3) is 0.261. The smallest absolute Gasteiger partial charge is 0.351 e. The van der Waals surface area contributed by atoms with Gasteiger partial charge in [0.15, 0.2) is 0 Å². The van der Waals surface area contributed by atoms with Gasteiger partial charge in [0.2, 0.25) is 11.7 Å². The van der Waals surface area contributed by atoms with Crippen molar-refractivity contribution < 1.29 is 22.8 Å². The van der Waals surface area contributed by atoms with E-state index in [0.29, 0.717) is 10.7 Å². The molecule has 1 aliphatic carbocycles. The number of halogens is 3. The highest BCUT2D eigenvalue weighted by Gasteiger charge is 2.38. The van der Waals surface area contributed by atoms with Crippen molar-refractivity contribution in [3.63, 3.8) is 0 Å². The number of carbonyl (C=O) groups excluding carboxylic acids is 2. The maximum absolute atomic E-state index is 13.7. The molecule has 1 aliphatic rings. The SMILES string of the molecule is O=C(NC1CC1)C(c1cccs1)N(C(=O)Cn1nnc(-c2cccs2)n1)c1cccc(C(F)(F)F)c1. The molecule has 1 saturated carbocycles. The molecule has 1 N–H and O–H groups in total. The molecule has 36 heavy (non-hydrogen) atoms. The van der Waals surface area contributed by atoms with Gasteiger partial charge in [-0.3, -0.25) is 14.5 Å². The predicted octanol–water partition coefficient (Wildman–Crippen LogP) is 4.54. The van der Waals surface area contributed by atoms with E-state index in [1.54, 1.807) is 23.6 Å². The minimum atomic E-state index is -4.62. The van der Waals surface area contributed by atoms with Gasteiger partial charge in [0.1, 0.15) is 12.6 Å². The number of hydrogen-bond donors (Lipinski definition) is 1. The van der Waals surface area contributed by atoms with Crippen molar-refractivity contribution in [2.24, 2.45) is 0 Å². The van der Waals surface area contributed by atoms with Gasteiger partial charge in [-0.25, -0.2) is 0 Å². The summed E-state index contributed by atoms with van der Waals surface area (Å²) in [7, 11) is 0. The van der Waals surface area contributed by atoms with Crippen LogP contribution in [-0.4, -0.2) is 38.1 Å². The van der Waals surface area contributed by atoms with Crippen molar-refractivity contribution in [3.8, 4) is 10.7 Å². The van der Waals surface area contributed by atoms with Crippen LogP contribution in [0, 0.1) is 0 Å². The summed E-state index contributed by atoms with van der Waals surface area (Å²) in [6.07, 6.45) is -2.99. The number of nitrogens with zero attached hydrogens (tertiary/aromatic N) is 5. The molecule has 2 amide bonds. The van der Waals surface area contributed by atoms with Crippen LogP contribution in [0.15, 0.2) is 59.3 Å². The molecule has 4 aromatic rings. The average molecular weight is 533 g/mol. The summed E-state index contributed by atoms with van der Waals surface area (Å²) in [5.74, 6) is -0.796. The molecule has 5 rings (SSSR count). The molecule has 1 atom stereocenters. The van der Waals surface area contributed by atoms with E-state index in [9.17, 15) is 22.8 Å². The number of aromatic nitrogens is 4. The highest BCUT2D eigenvalue weighted by molar-refractivity contribution is 7.13. The molecule has 8 nitrogen and oxygen atoms in total. The van der Waals surface area contributed by atoms with Crippen molar-refractivity contribution in [2.75, 3.05) is 4.90 Å². The first-order valence-electron chi connectivity index (χ1n) is 10.9. The van der Waals surface area contributed by atoms with Crippen LogP contribution in [0.25, 0.3) is 10.7 Å². The lowest BCUT2D eigenvalue weighted by Crippen LogP contribution is -2.45. The lowest BCUT2D eigenvalue weighted by atomic mass is 10.1. The molecule has 186 valence electrons. The van der Waals surface area contributed by atoms with E-state index >= 15 is 0 Å². The van der Waals surface area contributed by atoms with E-state index in [1.165, 1.54) is 34.8 Å². The number of nitrogens with one attached hydrogen (secondary N) is 1. The Balaban J connectivity index is 1.53. The molecule has 0 saturated heterocycles. The van der Waals surface area contributed by atoms with E-state index in [-0.39, 0.29) is 11.7 Å². The topological polar surface area (TPSA) is 93.0 Å². The van der Waals surface area contributed by atoms with Gasteiger partial charge in [-0.2, -0.15) is 18.0 Å². The van der Waals surface area contributed by atoms with Crippen LogP contribution >= 0.6 is 22.7 Å². The van der Waals surface area contributed by atoms with E-state index in [0.717, 1.165) is 39.5 Å². The summed E-state index contributed by atoms with van der Waals surface area (Å²) < 4.78 is 40.6. The summed E-state index contributed by atoms with van der Waals surface area (Å²) in [6.45, 7) is -0.423. The third-order valence-corrected chi connectivity index (χ3v) is 7.22. The highest BCUT2D eigenvalue weighted by atomic mass is 32.1. The van der Waals surface area contributed by atoms with E-state index < -0.39 is 36.1 Å². The second-order valence-electron chi connectivity index (χ2n) is 8.13. The molecular formula is C23H19F3N6O2S2. The Morgan fingerprint density at radius 2 is 1.89 bits per heavy atom. The maximum atomic E-state index is 13.7. The lowest BCUT2D eigenvalue weighted by molar-refractivity contribution is -0.137. The van der Waals surface area contributed by atoms with Crippen molar-refractivity contribution in [2.45, 2.75) is 37.6 Å². The number of rotatable bonds is 8. The monoisotopic (exact) mass is 532 g/mol. The van der Waals surface area contributed by atoms with E-state index in [4.69, 9.17) is 0 Å². The molecule has 13 heteroatoms. The van der Waals surface area contributed by atoms with Gasteiger partial charge in [0.25, 0.3) is 5.91 Å². The lowest BCUT2D eigenvalue weighted by Gasteiger charge is -2.31. The van der Waals surface area contributed by atoms with Crippen LogP contribution in [0.2, 0.25) is 0 Å². The molecule has 0 radical (unpaired) electrons. The maximum Gasteiger partial charge on any atom is 0.416 e. The number of tetrazole rings is 1. The van der Waals surface area contributed by atoms with Crippen LogP contribution in [0.4, 0.5) is 18.9 Å². The summed E-state index contributed by atoms with van der Waals surface area (Å²) in [5.41, 5.74) is -0.984. The molecule has 0 aliphatic heterocycles. The third kappa shape index (κ3) is 5.31. The first-order valence-corrected chi connectivity index (χ1v) is 12.7. The second-order valence-corrected chi connectivity index (χ2v) is 10.1. The van der Waals surface area contributed by atoms with Crippen LogP contribution in [0.1, 0.15) is 29.3 Å². The Labute approximate surface area is 211 Å². The number of benzene rings is 1. The summed E-state index contributed by atoms with van der Waals surface area (Å²) in [6, 6.07) is 10.2. The van der Waals surface area contributed by atoms with Gasteiger partial charge in [-0.15, -0.1) is 32.9 Å². The van der Waals surface area contributed by atoms with Crippen LogP contribution in [0.5, 0.6) is 0 Å². The number of amides is 2. The summed E-state index contributed by atoms with van der Waals surface area (Å²) in [4.78, 5) is 30.4. The standard InChI is InChI=1S/C23H19F3N6O2S2/c24-23(25,26)14-4-1-5-16(12-14)32(20(17-6-2-10-35-17)22(34)27-15-8-9-15)19(33)13-31-29-21(28-30-31)18-7-3-11-36-18/h1-7,10-12,15,20H,8-9,13H2,(H,27,34). The Morgan fingerprint density at radius 3 is 2.56 bits per heavy atom. The van der Waals surface area contributed by atoms with Crippen molar-refractivity contribution in [1.29, 1.82) is 0 Å². The molecule has 3 aromatic heterocycles. The van der Waals surface area contributed by atoms with E-state index in [2.05, 4.69) is 20.7 Å². The summed E-state index contributed by atoms with van der Waals surface area (Å²) in [5, 5.41) is 18.6. The Morgan fingerprint density at radius 1 is 1.11 bits per heavy atom. The van der Waals surface area contributed by atoms with Crippen molar-refractivity contribution in [1.82, 2.24) is 25.5 Å². The zero-order valence-electron chi connectivity index (χ0n) is 18.6. The summed E-state index contributed by atoms with van der Waals surface area (Å²) >= 11 is 2.64. The predicted molar refractivity (Wildman–Crippen MR) is 128 cm³/mol. The van der Waals surface area contributed by atoms with Gasteiger partial charge in [0, 0.05) is 16.6 Å². The number of carbonyl (C=O) groups is 2. The van der Waals surface area contributed by atoms with Gasteiger partial charge >= 0.3 is 6.18 Å². The third-order valence-electron chi connectivity index (χ3n) is 5.43. The zero-order valence-corrected chi connectivity index (χ0v) is 20.2. The molecule has 1 aromatic carbocycles. The van der Waals surface area contributed by atoms with Gasteiger partial charge in [-0.05, 0) is 59.1 Å². The van der Waals surface area contributed by atoms with Gasteiger partial charge < -0.3 is 5.32 Å². The minimum Gasteiger partial charge on any atom is -0.351 e. The normalized spacial score (nSPS) is 14.4. The minimum absolute atomic E-state index is 0.0104. The van der Waals surface area contributed by atoms with Crippen LogP contribution in [0.3, 0.4) is 0 Å². The van der Waals surface area contributed by atoms with E-state index in [1.807, 2.05) is 11.4 Å². The Bertz CT molecular complexity index is 1350. The van der Waals surface area contributed by atoms with Crippen molar-refractivity contribution >= 4 is 40.2 Å². The van der Waals surface area contributed by atoms with Crippen LogP contribution < -0.4 is 10.2 Å². The molecular weight excluding hydrogens is 513 g/mol. The zero-order chi connectivity index (χ0) is 25.3. The average Bonchev–Trinajstić information content (AvgIpc) is 3.28. The van der Waals surface area contributed by atoms with Crippen LogP contribution in [-0.2, 0) is 22.3 Å². The number of anilines is 1. The fourth-order valence-electron chi connectivity index (χ4n) is 3.61. The first-order chi connectivity index (χ1) is 17.3. The van der Waals surface area contributed by atoms with Gasteiger partial charge in [0.05, 0.1) is 10.4 Å². The largest absolute Gasteiger partial charge is 0.416 e. The number of hydrogen-bond acceptors (Lipinski definition) is 7. The highest BCUT2D eigenvalue weighted by Crippen LogP contribution is 2.36. The Hall–Kier alpha value is -3.58. The fourth-order valence-corrected chi connectivity index (χ4v) is 5.07. The molecule has 0 bridgehead atoms. The van der Waals surface area contributed by atoms with Crippen molar-refractivity contribution in [3.05, 3.63) is 69.7 Å². The second kappa shape index (κ2) is 9.82. The number of alkyl halides is 3. The first kappa shape index (κ1) is 24.1. The molecule has 3 heterocycles. The quantitative estimate of drug-likeness (QED) is 0.360. The van der Waals surface area contributed by atoms with Gasteiger partial charge in [-0.1, -0.05) is 18.2 Å². The molecule has 1 fully saturated rings. The number of thiophene rings is 2.